The van der Waals surface area contributed by atoms with E-state index in [0.29, 0.717) is 23.1 Å². The fourth-order valence-electron chi connectivity index (χ4n) is 7.11. The van der Waals surface area contributed by atoms with Crippen molar-refractivity contribution < 1.29 is 35.5 Å². The number of aryl methyl sites for hydroxylation is 2. The van der Waals surface area contributed by atoms with Crippen molar-refractivity contribution in [1.82, 2.24) is 14.5 Å². The van der Waals surface area contributed by atoms with Gasteiger partial charge in [0.05, 0.1) is 22.4 Å². The molecule has 3 aromatic heterocycles. The van der Waals surface area contributed by atoms with Crippen molar-refractivity contribution in [1.29, 1.82) is 0 Å². The molecule has 0 unspecified atom stereocenters. The fourth-order valence-corrected chi connectivity index (χ4v) is 7.11. The van der Waals surface area contributed by atoms with Crippen molar-refractivity contribution in [2.24, 2.45) is 17.3 Å². The third kappa shape index (κ3) is 8.91. The summed E-state index contributed by atoms with van der Waals surface area (Å²) in [4.78, 5) is 9.36. The molecule has 4 nitrogen and oxygen atoms in total. The summed E-state index contributed by atoms with van der Waals surface area (Å²) >= 11 is 0. The molecule has 0 N–H and O–H groups in total. The number of imidazole rings is 1. The van der Waals surface area contributed by atoms with Gasteiger partial charge in [-0.2, -0.15) is 0 Å². The second kappa shape index (κ2) is 17.1. The molecule has 0 aliphatic rings. The number of benzene rings is 5. The van der Waals surface area contributed by atoms with Gasteiger partial charge in [0.1, 0.15) is 5.58 Å². The van der Waals surface area contributed by atoms with E-state index in [1.54, 1.807) is 20.8 Å². The smallest absolute Gasteiger partial charge is 0.120 e. The predicted molar refractivity (Wildman–Crippen MR) is 231 cm³/mol. The SMILES string of the molecule is CC(C)Cc1cccc(CC(C)C)c1-n1c(-c2[c-]ccc3c2oc2ccccc23)nc2ccccc21.[2H]C([2H])([2H])c1c[c-]c(-c2cc(C([2H])([2H])C(C)(C)C)c(C([2H])([2H])[2H])cn2)cc1.[Ir]. The number of hydrogen-bond acceptors (Lipinski definition) is 3. The van der Waals surface area contributed by atoms with Gasteiger partial charge in [-0.15, -0.1) is 53.6 Å². The predicted octanol–water partition coefficient (Wildman–Crippen LogP) is 13.5. The van der Waals surface area contributed by atoms with Crippen LogP contribution in [0.3, 0.4) is 0 Å². The summed E-state index contributed by atoms with van der Waals surface area (Å²) in [6.45, 7) is 9.50. The van der Waals surface area contributed by atoms with E-state index in [0.717, 1.165) is 57.2 Å². The molecule has 5 aromatic carbocycles. The third-order valence-corrected chi connectivity index (χ3v) is 9.31. The first-order chi connectivity index (χ1) is 29.6. The Hall–Kier alpha value is -4.83. The van der Waals surface area contributed by atoms with Crippen molar-refractivity contribution >= 4 is 33.0 Å². The summed E-state index contributed by atoms with van der Waals surface area (Å²) < 4.78 is 71.3. The molecule has 0 atom stereocenters. The largest absolute Gasteiger partial charge is 0.501 e. The molecular formula is C51H53IrN3O-2. The topological polar surface area (TPSA) is 43.9 Å². The van der Waals surface area contributed by atoms with Crippen LogP contribution in [-0.4, -0.2) is 14.5 Å². The van der Waals surface area contributed by atoms with Crippen LogP contribution in [0.15, 0.2) is 114 Å². The summed E-state index contributed by atoms with van der Waals surface area (Å²) in [7, 11) is 0. The van der Waals surface area contributed by atoms with Crippen LogP contribution in [0, 0.1) is 43.1 Å². The van der Waals surface area contributed by atoms with Crippen LogP contribution in [0.25, 0.3) is 61.3 Å². The molecule has 0 fully saturated rings. The minimum absolute atomic E-state index is 0. The Bertz CT molecular complexity index is 2870. The van der Waals surface area contributed by atoms with Crippen LogP contribution in [0.2, 0.25) is 0 Å². The van der Waals surface area contributed by atoms with Gasteiger partial charge in [-0.25, -0.2) is 0 Å². The Balaban J connectivity index is 0.000000219. The molecular weight excluding hydrogens is 863 g/mol. The molecule has 5 heteroatoms. The standard InChI is InChI=1S/C33H31N2O.C18H22N.Ir/c1-21(2)19-23-11-9-12-24(20-22(3)4)31(23)35-29-17-7-6-16-28(29)34-33(35)27-15-10-14-26-25-13-5-8-18-30(25)36-32(26)27;1-13-6-8-15(9-7-13)17-10-16(11-18(3,4)5)14(2)12-19-17;/h5-14,16-18,21-22H,19-20H2,1-4H3;6-8,10,12H,11H2,1-5H3;/q2*-1;/i;1D3,2D3,11D2;. The molecule has 289 valence electrons. The number of pyridine rings is 1. The zero-order valence-electron chi connectivity index (χ0n) is 41.0. The van der Waals surface area contributed by atoms with Gasteiger partial charge in [-0.3, -0.25) is 4.98 Å². The molecule has 0 amide bonds. The summed E-state index contributed by atoms with van der Waals surface area (Å²) in [5, 5.41) is 2.21. The number of rotatable bonds is 8. The maximum absolute atomic E-state index is 8.52. The van der Waals surface area contributed by atoms with Crippen molar-refractivity contribution in [3.8, 4) is 28.3 Å². The van der Waals surface area contributed by atoms with E-state index >= 15 is 0 Å². The maximum atomic E-state index is 8.52. The van der Waals surface area contributed by atoms with E-state index in [1.807, 2.05) is 18.2 Å². The first-order valence-electron chi connectivity index (χ1n) is 23.0. The molecule has 3 heterocycles. The molecule has 0 spiro atoms. The molecule has 8 rings (SSSR count). The molecule has 1 radical (unpaired) electrons. The van der Waals surface area contributed by atoms with Crippen LogP contribution in [0.4, 0.5) is 0 Å². The second-order valence-electron chi connectivity index (χ2n) is 16.1. The van der Waals surface area contributed by atoms with Gasteiger partial charge in [0.2, 0.25) is 0 Å². The Labute approximate surface area is 358 Å². The van der Waals surface area contributed by atoms with Crippen LogP contribution in [0.5, 0.6) is 0 Å². The second-order valence-corrected chi connectivity index (χ2v) is 16.1. The van der Waals surface area contributed by atoms with Gasteiger partial charge in [0.25, 0.3) is 0 Å². The van der Waals surface area contributed by atoms with Gasteiger partial charge >= 0.3 is 0 Å². The molecule has 0 saturated carbocycles. The van der Waals surface area contributed by atoms with Gasteiger partial charge in [-0.1, -0.05) is 126 Å². The first-order valence-corrected chi connectivity index (χ1v) is 19.0. The minimum Gasteiger partial charge on any atom is -0.501 e. The Kier molecular flexibility index (Phi) is 9.56. The van der Waals surface area contributed by atoms with E-state index in [1.165, 1.54) is 47.3 Å². The summed E-state index contributed by atoms with van der Waals surface area (Å²) in [5.74, 6) is 1.96. The number of para-hydroxylation sites is 4. The third-order valence-electron chi connectivity index (χ3n) is 9.31. The van der Waals surface area contributed by atoms with Gasteiger partial charge in [0, 0.05) is 48.3 Å². The maximum Gasteiger partial charge on any atom is 0.120 e. The minimum atomic E-state index is -2.51. The molecule has 0 aliphatic carbocycles. The summed E-state index contributed by atoms with van der Waals surface area (Å²) in [6, 6.07) is 39.6. The van der Waals surface area contributed by atoms with Crippen molar-refractivity contribution in [2.75, 3.05) is 0 Å². The van der Waals surface area contributed by atoms with Crippen molar-refractivity contribution in [2.45, 2.75) is 81.4 Å². The van der Waals surface area contributed by atoms with E-state index in [4.69, 9.17) is 20.4 Å². The Morgan fingerprint density at radius 2 is 1.54 bits per heavy atom. The van der Waals surface area contributed by atoms with Crippen LogP contribution in [-0.2, 0) is 39.3 Å². The number of hydrogen-bond donors (Lipinski definition) is 0. The van der Waals surface area contributed by atoms with Crippen LogP contribution < -0.4 is 0 Å². The fraction of sp³-hybridized carbons (Fsp3) is 0.294. The van der Waals surface area contributed by atoms with E-state index in [2.05, 4.69) is 110 Å². The molecule has 0 aliphatic heterocycles. The Morgan fingerprint density at radius 1 is 0.804 bits per heavy atom. The molecule has 56 heavy (non-hydrogen) atoms. The van der Waals surface area contributed by atoms with Crippen molar-refractivity contribution in [3.63, 3.8) is 0 Å². The first kappa shape index (κ1) is 31.3. The quantitative estimate of drug-likeness (QED) is 0.143. The average Bonchev–Trinajstić information content (AvgIpc) is 3.78. The van der Waals surface area contributed by atoms with E-state index in [-0.39, 0.29) is 36.8 Å². The average molecular weight is 924 g/mol. The van der Waals surface area contributed by atoms with Gasteiger partial charge < -0.3 is 14.0 Å². The van der Waals surface area contributed by atoms with Crippen LogP contribution >= 0.6 is 0 Å². The number of aromatic nitrogens is 3. The normalized spacial score (nSPS) is 14.5. The number of fused-ring (bicyclic) bond motifs is 4. The zero-order chi connectivity index (χ0) is 45.6. The monoisotopic (exact) mass is 924 g/mol. The van der Waals surface area contributed by atoms with E-state index < -0.39 is 25.5 Å². The molecule has 0 bridgehead atoms. The summed E-state index contributed by atoms with van der Waals surface area (Å²) in [6.07, 6.45) is 1.26. The number of furan rings is 1. The molecule has 8 aromatic rings. The summed E-state index contributed by atoms with van der Waals surface area (Å²) in [5.41, 5.74) is 8.66. The van der Waals surface area contributed by atoms with Gasteiger partial charge in [0.15, 0.2) is 0 Å². The Morgan fingerprint density at radius 3 is 2.21 bits per heavy atom. The van der Waals surface area contributed by atoms with Gasteiger partial charge in [-0.05, 0) is 83.9 Å². The van der Waals surface area contributed by atoms with Crippen LogP contribution in [0.1, 0.15) is 87.2 Å². The number of nitrogens with zero attached hydrogens (tertiary/aromatic N) is 3. The molecule has 0 saturated heterocycles. The van der Waals surface area contributed by atoms with Crippen molar-refractivity contribution in [3.05, 3.63) is 149 Å². The van der Waals surface area contributed by atoms with E-state index in [9.17, 15) is 0 Å². The zero-order valence-corrected chi connectivity index (χ0v) is 35.4.